The third-order valence-corrected chi connectivity index (χ3v) is 6.12. The number of hydrogen-bond donors (Lipinski definition) is 4. The van der Waals surface area contributed by atoms with Gasteiger partial charge in [-0.3, -0.25) is 0 Å². The number of aromatic nitrogens is 1. The number of rotatable bonds is 8. The molecule has 38 heavy (non-hydrogen) atoms. The Labute approximate surface area is 225 Å². The second-order valence-electron chi connectivity index (χ2n) is 8.30. The molecule has 1 saturated heterocycles. The number of piperazine rings is 1. The maximum Gasteiger partial charge on any atom is 0.323 e. The summed E-state index contributed by atoms with van der Waals surface area (Å²) in [5.74, 6) is 1.81. The van der Waals surface area contributed by atoms with Crippen LogP contribution in [0.5, 0.6) is 11.5 Å². The van der Waals surface area contributed by atoms with Crippen LogP contribution in [-0.2, 0) is 0 Å². The first-order valence-electron chi connectivity index (χ1n) is 12.0. The van der Waals surface area contributed by atoms with E-state index >= 15 is 0 Å². The normalized spacial score (nSPS) is 13.0. The monoisotopic (exact) mass is 540 g/mol. The minimum atomic E-state index is -0.408. The van der Waals surface area contributed by atoms with E-state index in [1.165, 1.54) is 0 Å². The Kier molecular flexibility index (Phi) is 9.07. The molecule has 4 rings (SSSR count). The molecular formula is C26H29ClN6O5. The molecule has 2 heterocycles. The van der Waals surface area contributed by atoms with E-state index in [9.17, 15) is 9.59 Å². The third-order valence-electron chi connectivity index (χ3n) is 5.79. The number of para-hydroxylation sites is 2. The number of carbonyl (C=O) groups excluding carboxylic acids is 2. The number of nitrogens with zero attached hydrogens (tertiary/aromatic N) is 3. The molecule has 1 fully saturated rings. The van der Waals surface area contributed by atoms with Gasteiger partial charge >= 0.3 is 12.1 Å². The van der Waals surface area contributed by atoms with Crippen LogP contribution in [0.25, 0.3) is 0 Å². The highest BCUT2D eigenvalue weighted by Gasteiger charge is 2.22. The summed E-state index contributed by atoms with van der Waals surface area (Å²) in [5.41, 5.74) is 1.54. The fourth-order valence-electron chi connectivity index (χ4n) is 3.87. The zero-order valence-electron chi connectivity index (χ0n) is 20.8. The number of hydrogen-bond acceptors (Lipinski definition) is 7. The largest absolute Gasteiger partial charge is 0.495 e. The zero-order chi connectivity index (χ0) is 26.9. The maximum absolute atomic E-state index is 12.8. The lowest BCUT2D eigenvalue weighted by Gasteiger charge is -2.35. The van der Waals surface area contributed by atoms with Gasteiger partial charge in [-0.15, -0.1) is 0 Å². The van der Waals surface area contributed by atoms with Crippen molar-refractivity contribution < 1.29 is 24.2 Å². The maximum atomic E-state index is 12.8. The standard InChI is InChI=1S/C26H29ClN6O5/c1-37-23-5-3-2-4-21(23)30-25(35)29-18-6-9-24(28-17-18)32-10-12-33(13-11-32)26(36)31-22-16-19(38-15-14-34)7-8-20(22)27/h2-9,16-17,34H,10-15H2,1H3,(H,31,36)(H2,29,30,35). The average Bonchev–Trinajstić information content (AvgIpc) is 2.94. The number of ether oxygens (including phenoxy) is 2. The summed E-state index contributed by atoms with van der Waals surface area (Å²) >= 11 is 6.22. The molecule has 3 aromatic rings. The molecule has 1 aliphatic rings. The Balaban J connectivity index is 1.27. The number of halogens is 1. The number of anilines is 4. The smallest absolute Gasteiger partial charge is 0.323 e. The molecule has 0 saturated carbocycles. The fourth-order valence-corrected chi connectivity index (χ4v) is 4.03. The van der Waals surface area contributed by atoms with Crippen LogP contribution in [0.15, 0.2) is 60.8 Å². The fraction of sp³-hybridized carbons (Fsp3) is 0.269. The van der Waals surface area contributed by atoms with Crippen molar-refractivity contribution in [1.82, 2.24) is 9.88 Å². The number of nitrogens with one attached hydrogen (secondary N) is 3. The molecule has 11 nitrogen and oxygen atoms in total. The number of pyridine rings is 1. The van der Waals surface area contributed by atoms with Crippen molar-refractivity contribution in [2.24, 2.45) is 0 Å². The average molecular weight is 541 g/mol. The first-order valence-corrected chi connectivity index (χ1v) is 12.4. The van der Waals surface area contributed by atoms with Gasteiger partial charge < -0.3 is 40.3 Å². The number of urea groups is 2. The van der Waals surface area contributed by atoms with E-state index in [1.54, 1.807) is 60.7 Å². The van der Waals surface area contributed by atoms with Crippen molar-refractivity contribution in [2.45, 2.75) is 0 Å². The molecule has 12 heteroatoms. The lowest BCUT2D eigenvalue weighted by molar-refractivity contribution is 0.201. The van der Waals surface area contributed by atoms with Crippen LogP contribution in [0.3, 0.4) is 0 Å². The van der Waals surface area contributed by atoms with Gasteiger partial charge in [0.15, 0.2) is 0 Å². The number of carbonyl (C=O) groups is 2. The second-order valence-corrected chi connectivity index (χ2v) is 8.71. The van der Waals surface area contributed by atoms with Crippen LogP contribution in [0.4, 0.5) is 32.5 Å². The van der Waals surface area contributed by atoms with E-state index in [0.29, 0.717) is 59.8 Å². The SMILES string of the molecule is COc1ccccc1NC(=O)Nc1ccc(N2CCN(C(=O)Nc3cc(OCCO)ccc3Cl)CC2)nc1. The van der Waals surface area contributed by atoms with Crippen molar-refractivity contribution in [3.63, 3.8) is 0 Å². The molecule has 0 atom stereocenters. The van der Waals surface area contributed by atoms with E-state index in [1.807, 2.05) is 12.1 Å². The molecule has 1 aromatic heterocycles. The molecule has 2 aromatic carbocycles. The Bertz CT molecular complexity index is 1250. The van der Waals surface area contributed by atoms with Crippen LogP contribution in [0.2, 0.25) is 5.02 Å². The predicted octanol–water partition coefficient (Wildman–Crippen LogP) is 4.11. The highest BCUT2D eigenvalue weighted by atomic mass is 35.5. The summed E-state index contributed by atoms with van der Waals surface area (Å²) in [7, 11) is 1.54. The van der Waals surface area contributed by atoms with E-state index in [-0.39, 0.29) is 19.2 Å². The van der Waals surface area contributed by atoms with E-state index < -0.39 is 6.03 Å². The van der Waals surface area contributed by atoms with Crippen molar-refractivity contribution in [2.75, 3.05) is 67.4 Å². The number of aliphatic hydroxyl groups excluding tert-OH is 1. The highest BCUT2D eigenvalue weighted by Crippen LogP contribution is 2.28. The van der Waals surface area contributed by atoms with Crippen LogP contribution in [0.1, 0.15) is 0 Å². The molecule has 4 N–H and O–H groups in total. The topological polar surface area (TPSA) is 128 Å². The van der Waals surface area contributed by atoms with Crippen molar-refractivity contribution >= 4 is 46.5 Å². The summed E-state index contributed by atoms with van der Waals surface area (Å²) in [4.78, 5) is 33.4. The van der Waals surface area contributed by atoms with Gasteiger partial charge in [-0.05, 0) is 36.4 Å². The number of aliphatic hydroxyl groups is 1. The quantitative estimate of drug-likeness (QED) is 0.338. The molecule has 0 bridgehead atoms. The Hall–Kier alpha value is -4.22. The van der Waals surface area contributed by atoms with Crippen LogP contribution >= 0.6 is 11.6 Å². The van der Waals surface area contributed by atoms with Crippen LogP contribution < -0.4 is 30.3 Å². The molecule has 1 aliphatic heterocycles. The van der Waals surface area contributed by atoms with Gasteiger partial charge in [0.1, 0.15) is 23.9 Å². The van der Waals surface area contributed by atoms with Gasteiger partial charge in [0.2, 0.25) is 0 Å². The van der Waals surface area contributed by atoms with Gasteiger partial charge in [-0.1, -0.05) is 23.7 Å². The number of amides is 4. The Morgan fingerprint density at radius 3 is 2.50 bits per heavy atom. The van der Waals surface area contributed by atoms with Gasteiger partial charge in [-0.25, -0.2) is 14.6 Å². The zero-order valence-corrected chi connectivity index (χ0v) is 21.6. The second kappa shape index (κ2) is 12.8. The summed E-state index contributed by atoms with van der Waals surface area (Å²) in [6.45, 7) is 2.21. The van der Waals surface area contributed by atoms with Crippen molar-refractivity contribution in [1.29, 1.82) is 0 Å². The number of methoxy groups -OCH3 is 1. The van der Waals surface area contributed by atoms with E-state index in [0.717, 1.165) is 5.82 Å². The van der Waals surface area contributed by atoms with E-state index in [4.69, 9.17) is 26.2 Å². The molecule has 200 valence electrons. The minimum Gasteiger partial charge on any atom is -0.495 e. The van der Waals surface area contributed by atoms with Crippen molar-refractivity contribution in [3.05, 3.63) is 65.8 Å². The van der Waals surface area contributed by atoms with Gasteiger partial charge in [0, 0.05) is 32.2 Å². The summed E-state index contributed by atoms with van der Waals surface area (Å²) in [6, 6.07) is 15.0. The molecule has 0 aliphatic carbocycles. The lowest BCUT2D eigenvalue weighted by Crippen LogP contribution is -2.50. The van der Waals surface area contributed by atoms with Gasteiger partial charge in [0.05, 0.1) is 42.0 Å². The summed E-state index contributed by atoms with van der Waals surface area (Å²) in [6.07, 6.45) is 1.59. The first kappa shape index (κ1) is 26.8. The molecule has 4 amide bonds. The van der Waals surface area contributed by atoms with Crippen LogP contribution in [-0.4, -0.2) is 73.6 Å². The van der Waals surface area contributed by atoms with Crippen molar-refractivity contribution in [3.8, 4) is 11.5 Å². The first-order chi connectivity index (χ1) is 18.5. The highest BCUT2D eigenvalue weighted by molar-refractivity contribution is 6.33. The summed E-state index contributed by atoms with van der Waals surface area (Å²) in [5, 5.41) is 17.7. The Morgan fingerprint density at radius 1 is 1.00 bits per heavy atom. The minimum absolute atomic E-state index is 0.109. The Morgan fingerprint density at radius 2 is 1.79 bits per heavy atom. The molecular weight excluding hydrogens is 512 g/mol. The van der Waals surface area contributed by atoms with Gasteiger partial charge in [-0.2, -0.15) is 0 Å². The molecule has 0 radical (unpaired) electrons. The third kappa shape index (κ3) is 6.96. The predicted molar refractivity (Wildman–Crippen MR) is 147 cm³/mol. The van der Waals surface area contributed by atoms with E-state index in [2.05, 4.69) is 25.8 Å². The number of benzene rings is 2. The molecule has 0 unspecified atom stereocenters. The van der Waals surface area contributed by atoms with Crippen LogP contribution in [0, 0.1) is 0 Å². The van der Waals surface area contributed by atoms with Gasteiger partial charge in [0.25, 0.3) is 0 Å². The molecule has 0 spiro atoms. The summed E-state index contributed by atoms with van der Waals surface area (Å²) < 4.78 is 10.6. The lowest BCUT2D eigenvalue weighted by atomic mass is 10.3.